The van der Waals surface area contributed by atoms with Gasteiger partial charge >= 0.3 is 11.9 Å². The molecule has 2 aromatic carbocycles. The van der Waals surface area contributed by atoms with Crippen molar-refractivity contribution in [3.05, 3.63) is 122 Å². The van der Waals surface area contributed by atoms with Gasteiger partial charge in [0.1, 0.15) is 35.1 Å². The van der Waals surface area contributed by atoms with Crippen LogP contribution in [0.1, 0.15) is 23.1 Å². The summed E-state index contributed by atoms with van der Waals surface area (Å²) in [5.41, 5.74) is 4.01. The summed E-state index contributed by atoms with van der Waals surface area (Å²) >= 11 is 6.76. The van der Waals surface area contributed by atoms with Crippen molar-refractivity contribution in [1.82, 2.24) is 15.0 Å². The van der Waals surface area contributed by atoms with Gasteiger partial charge in [0, 0.05) is 54.8 Å². The minimum Gasteiger partial charge on any atom is -0.497 e. The van der Waals surface area contributed by atoms with Crippen molar-refractivity contribution in [3.8, 4) is 11.5 Å². The minimum absolute atomic E-state index is 0.0950. The van der Waals surface area contributed by atoms with Gasteiger partial charge in [-0.25, -0.2) is 9.78 Å². The molecule has 0 bridgehead atoms. The number of aliphatic imine (C=N–C) groups is 1. The van der Waals surface area contributed by atoms with Crippen molar-refractivity contribution in [2.75, 3.05) is 56.5 Å². The molecule has 2 aliphatic rings. The number of allylic oxidation sites excluding steroid dienone is 1. The number of benzene rings is 2. The standard InChI is InChI=1S/C38H39ClN9O6/c1-48(2,24-27-10-15-41-35(27)47(51)52)16-6-9-30(49)18-25-7-5-8-26(17-25)22-46-36-28(21-42-37(44-36)43-29-11-13-40-14-12-29)23-45(38(46)50)32-19-31(53-3)20-33(54-4)34(32)39/h5-9,11-15,17,19-21H,10,16,18,22-24H2,1-4H3,(H,40,42,43,44)/q+1/b9-6+. The van der Waals surface area contributed by atoms with Crippen LogP contribution in [-0.4, -0.2) is 83.8 Å². The van der Waals surface area contributed by atoms with Crippen molar-refractivity contribution in [3.63, 3.8) is 0 Å². The van der Waals surface area contributed by atoms with E-state index in [1.54, 1.807) is 66.1 Å². The summed E-state index contributed by atoms with van der Waals surface area (Å²) in [6.07, 6.45) is 10.4. The molecule has 4 aromatic rings. The monoisotopic (exact) mass is 752 g/mol. The maximum absolute atomic E-state index is 14.5. The zero-order valence-corrected chi connectivity index (χ0v) is 31.0. The van der Waals surface area contributed by atoms with Crippen molar-refractivity contribution in [2.45, 2.75) is 25.9 Å². The van der Waals surface area contributed by atoms with Crippen molar-refractivity contribution in [2.24, 2.45) is 4.99 Å². The van der Waals surface area contributed by atoms with Gasteiger partial charge in [-0.1, -0.05) is 40.9 Å². The van der Waals surface area contributed by atoms with Gasteiger partial charge < -0.3 is 29.4 Å². The highest BCUT2D eigenvalue weighted by atomic mass is 35.5. The average molecular weight is 753 g/mol. The smallest absolute Gasteiger partial charge is 0.368 e. The van der Waals surface area contributed by atoms with Crippen LogP contribution in [0.5, 0.6) is 11.5 Å². The van der Waals surface area contributed by atoms with Crippen LogP contribution in [0.4, 0.5) is 27.9 Å². The van der Waals surface area contributed by atoms with E-state index in [0.717, 1.165) is 16.8 Å². The number of ketones is 1. The molecule has 2 amide bonds. The molecule has 0 saturated heterocycles. The largest absolute Gasteiger partial charge is 0.497 e. The maximum atomic E-state index is 14.5. The Morgan fingerprint density at radius 1 is 1.11 bits per heavy atom. The minimum atomic E-state index is -0.456. The Kier molecular flexibility index (Phi) is 11.3. The third-order valence-electron chi connectivity index (χ3n) is 8.84. The van der Waals surface area contributed by atoms with Crippen LogP contribution >= 0.6 is 11.6 Å². The number of ether oxygens (including phenoxy) is 2. The molecule has 2 aromatic heterocycles. The number of nitrogens with zero attached hydrogens (tertiary/aromatic N) is 8. The molecule has 0 radical (unpaired) electrons. The van der Waals surface area contributed by atoms with Crippen molar-refractivity contribution < 1.29 is 28.5 Å². The number of quaternary nitrogens is 1. The number of nitro groups is 1. The second-order valence-corrected chi connectivity index (χ2v) is 13.7. The van der Waals surface area contributed by atoms with Crippen LogP contribution in [0, 0.1) is 10.1 Å². The van der Waals surface area contributed by atoms with Gasteiger partial charge in [-0.2, -0.15) is 4.98 Å². The number of urea groups is 1. The number of methoxy groups -OCH3 is 2. The Bertz CT molecular complexity index is 2170. The SMILES string of the molecule is COc1cc(OC)c(Cl)c(N2Cc3cnc(Nc4ccncc4)nc3N(Cc3cccc(CC(=O)/C=C/C[N+](C)(C)CC4=C([N+](=O)[O-])N=CC4)c3)C2=O)c1. The molecule has 0 unspecified atom stereocenters. The molecule has 4 heterocycles. The fourth-order valence-electron chi connectivity index (χ4n) is 6.26. The van der Waals surface area contributed by atoms with E-state index in [1.165, 1.54) is 19.1 Å². The first-order chi connectivity index (χ1) is 25.9. The summed E-state index contributed by atoms with van der Waals surface area (Å²) in [7, 11) is 6.91. The van der Waals surface area contributed by atoms with Gasteiger partial charge in [-0.15, -0.1) is 0 Å². The van der Waals surface area contributed by atoms with E-state index < -0.39 is 4.92 Å². The molecule has 0 atom stereocenters. The molecule has 2 aliphatic heterocycles. The van der Waals surface area contributed by atoms with Crippen LogP contribution in [0.15, 0.2) is 95.7 Å². The van der Waals surface area contributed by atoms with Gasteiger partial charge in [-0.05, 0) is 40.3 Å². The predicted molar refractivity (Wildman–Crippen MR) is 205 cm³/mol. The normalized spacial score (nSPS) is 14.1. The van der Waals surface area contributed by atoms with Crippen LogP contribution in [0.3, 0.4) is 0 Å². The number of hydrogen-bond donors (Lipinski definition) is 1. The Hall–Kier alpha value is -6.19. The Balaban J connectivity index is 1.23. The summed E-state index contributed by atoms with van der Waals surface area (Å²) in [4.78, 5) is 58.7. The van der Waals surface area contributed by atoms with E-state index in [4.69, 9.17) is 26.1 Å². The van der Waals surface area contributed by atoms with Crippen LogP contribution in [-0.2, 0) is 24.3 Å². The summed E-state index contributed by atoms with van der Waals surface area (Å²) in [5.74, 6) is 1.33. The van der Waals surface area contributed by atoms with Gasteiger partial charge in [-0.3, -0.25) is 19.6 Å². The van der Waals surface area contributed by atoms with Gasteiger partial charge in [0.05, 0.1) is 59.2 Å². The number of likely N-dealkylation sites (N-methyl/N-ethyl adjacent to an activating group) is 1. The molecular formula is C38H39ClN9O6+. The number of amides is 2. The van der Waals surface area contributed by atoms with Gasteiger partial charge in [0.25, 0.3) is 0 Å². The highest BCUT2D eigenvalue weighted by Gasteiger charge is 2.35. The third-order valence-corrected chi connectivity index (χ3v) is 9.22. The van der Waals surface area contributed by atoms with E-state index in [1.807, 2.05) is 38.4 Å². The molecule has 0 aliphatic carbocycles. The van der Waals surface area contributed by atoms with E-state index >= 15 is 0 Å². The Labute approximate surface area is 317 Å². The zero-order chi connectivity index (χ0) is 38.4. The molecule has 0 spiro atoms. The van der Waals surface area contributed by atoms with Crippen molar-refractivity contribution >= 4 is 52.8 Å². The summed E-state index contributed by atoms with van der Waals surface area (Å²) in [6.45, 7) is 1.20. The molecule has 54 heavy (non-hydrogen) atoms. The zero-order valence-electron chi connectivity index (χ0n) is 30.2. The van der Waals surface area contributed by atoms with Gasteiger partial charge in [0.2, 0.25) is 5.95 Å². The lowest BCUT2D eigenvalue weighted by atomic mass is 10.0. The number of carbonyl (C=O) groups excluding carboxylic acids is 2. The summed E-state index contributed by atoms with van der Waals surface area (Å²) in [6, 6.07) is 14.0. The first-order valence-corrected chi connectivity index (χ1v) is 17.3. The number of rotatable bonds is 15. The molecule has 0 fully saturated rings. The number of nitrogens with one attached hydrogen (secondary N) is 1. The first-order valence-electron chi connectivity index (χ1n) is 17.0. The number of pyridine rings is 1. The quantitative estimate of drug-likeness (QED) is 0.0645. The average Bonchev–Trinajstić information content (AvgIpc) is 3.61. The van der Waals surface area contributed by atoms with Crippen molar-refractivity contribution in [1.29, 1.82) is 0 Å². The maximum Gasteiger partial charge on any atom is 0.368 e. The third kappa shape index (κ3) is 8.70. The lowest BCUT2D eigenvalue weighted by molar-refractivity contribution is -0.880. The fourth-order valence-corrected chi connectivity index (χ4v) is 6.55. The number of carbonyl (C=O) groups is 2. The molecule has 1 N–H and O–H groups in total. The molecule has 0 saturated carbocycles. The van der Waals surface area contributed by atoms with Gasteiger partial charge in [0.15, 0.2) is 5.78 Å². The van der Waals surface area contributed by atoms with Crippen LogP contribution in [0.2, 0.25) is 5.02 Å². The summed E-state index contributed by atoms with van der Waals surface area (Å²) in [5, 5.41) is 14.7. The number of fused-ring (bicyclic) bond motifs is 1. The lowest BCUT2D eigenvalue weighted by Gasteiger charge is -2.36. The number of halogens is 1. The summed E-state index contributed by atoms with van der Waals surface area (Å²) < 4.78 is 11.4. The Morgan fingerprint density at radius 3 is 2.63 bits per heavy atom. The van der Waals surface area contributed by atoms with Crippen LogP contribution in [0.25, 0.3) is 0 Å². The second-order valence-electron chi connectivity index (χ2n) is 13.4. The van der Waals surface area contributed by atoms with E-state index in [-0.39, 0.29) is 42.2 Å². The molecular weight excluding hydrogens is 714 g/mol. The van der Waals surface area contributed by atoms with E-state index in [0.29, 0.717) is 64.1 Å². The van der Waals surface area contributed by atoms with E-state index in [9.17, 15) is 19.7 Å². The number of aromatic nitrogens is 3. The Morgan fingerprint density at radius 2 is 1.89 bits per heavy atom. The number of anilines is 4. The highest BCUT2D eigenvalue weighted by Crippen LogP contribution is 2.42. The molecule has 15 nitrogen and oxygen atoms in total. The highest BCUT2D eigenvalue weighted by molar-refractivity contribution is 6.35. The lowest BCUT2D eigenvalue weighted by Crippen LogP contribution is -2.47. The van der Waals surface area contributed by atoms with Crippen LogP contribution < -0.4 is 24.6 Å². The second kappa shape index (κ2) is 16.2. The molecule has 278 valence electrons. The molecule has 16 heteroatoms. The predicted octanol–water partition coefficient (Wildman–Crippen LogP) is 6.14. The van der Waals surface area contributed by atoms with E-state index in [2.05, 4.69) is 20.3 Å². The molecule has 6 rings (SSSR count). The number of hydrogen-bond acceptors (Lipinski definition) is 11. The first kappa shape index (κ1) is 37.6. The topological polar surface area (TPSA) is 165 Å². The fraction of sp³-hybridized carbons (Fsp3) is 0.263.